The van der Waals surface area contributed by atoms with Crippen molar-refractivity contribution in [2.75, 3.05) is 13.2 Å². The summed E-state index contributed by atoms with van der Waals surface area (Å²) in [5.74, 6) is 0.968. The zero-order valence-corrected chi connectivity index (χ0v) is 12.2. The van der Waals surface area contributed by atoms with E-state index < -0.39 is 0 Å². The molecular formula is C17H22N2O. The maximum absolute atomic E-state index is 5.95. The molecule has 1 atom stereocenters. The molecule has 0 saturated heterocycles. The van der Waals surface area contributed by atoms with Crippen molar-refractivity contribution in [3.63, 3.8) is 0 Å². The van der Waals surface area contributed by atoms with Crippen molar-refractivity contribution in [2.24, 2.45) is 0 Å². The summed E-state index contributed by atoms with van der Waals surface area (Å²) in [4.78, 5) is 4.02. The molecule has 2 rings (SSSR count). The van der Waals surface area contributed by atoms with Gasteiger partial charge in [0.2, 0.25) is 0 Å². The van der Waals surface area contributed by atoms with Crippen LogP contribution in [0.3, 0.4) is 0 Å². The minimum absolute atomic E-state index is 0.303. The van der Waals surface area contributed by atoms with Crippen LogP contribution >= 0.6 is 0 Å². The molecule has 1 heterocycles. The lowest BCUT2D eigenvalue weighted by atomic mass is 10.1. The van der Waals surface area contributed by atoms with Crippen molar-refractivity contribution >= 4 is 0 Å². The molecule has 0 aliphatic rings. The van der Waals surface area contributed by atoms with E-state index in [1.54, 1.807) is 0 Å². The lowest BCUT2D eigenvalue weighted by molar-refractivity contribution is 0.315. The number of hydrogen-bond acceptors (Lipinski definition) is 3. The number of ether oxygens (including phenoxy) is 1. The van der Waals surface area contributed by atoms with Gasteiger partial charge >= 0.3 is 0 Å². The summed E-state index contributed by atoms with van der Waals surface area (Å²) in [6, 6.07) is 12.6. The number of rotatable bonds is 7. The average molecular weight is 270 g/mol. The van der Waals surface area contributed by atoms with E-state index in [-0.39, 0.29) is 0 Å². The average Bonchev–Trinajstić information content (AvgIpc) is 2.49. The molecule has 0 bridgehead atoms. The number of hydrogen-bond donors (Lipinski definition) is 1. The Morgan fingerprint density at radius 2 is 1.90 bits per heavy atom. The van der Waals surface area contributed by atoms with Gasteiger partial charge in [-0.3, -0.25) is 4.98 Å². The summed E-state index contributed by atoms with van der Waals surface area (Å²) in [5, 5.41) is 3.42. The van der Waals surface area contributed by atoms with Crippen LogP contribution in [0.1, 0.15) is 31.0 Å². The van der Waals surface area contributed by atoms with Gasteiger partial charge in [-0.1, -0.05) is 25.1 Å². The Kier molecular flexibility index (Phi) is 5.56. The molecule has 3 heteroatoms. The van der Waals surface area contributed by atoms with Gasteiger partial charge in [0, 0.05) is 30.4 Å². The second kappa shape index (κ2) is 7.65. The van der Waals surface area contributed by atoms with E-state index in [1.807, 2.05) is 36.7 Å². The van der Waals surface area contributed by atoms with Gasteiger partial charge in [0.05, 0.1) is 6.61 Å². The molecule has 3 nitrogen and oxygen atoms in total. The molecular weight excluding hydrogens is 248 g/mol. The Morgan fingerprint density at radius 1 is 1.15 bits per heavy atom. The van der Waals surface area contributed by atoms with Gasteiger partial charge in [0.25, 0.3) is 0 Å². The summed E-state index contributed by atoms with van der Waals surface area (Å²) in [6.07, 6.45) is 4.53. The summed E-state index contributed by atoms with van der Waals surface area (Å²) in [7, 11) is 0. The molecule has 1 aromatic carbocycles. The van der Waals surface area contributed by atoms with Gasteiger partial charge in [-0.05, 0) is 37.2 Å². The monoisotopic (exact) mass is 270 g/mol. The Morgan fingerprint density at radius 3 is 2.65 bits per heavy atom. The normalized spacial score (nSPS) is 12.1. The van der Waals surface area contributed by atoms with Crippen LogP contribution in [0, 0.1) is 0 Å². The highest BCUT2D eigenvalue weighted by Gasteiger charge is 2.09. The Labute approximate surface area is 121 Å². The van der Waals surface area contributed by atoms with E-state index in [2.05, 4.69) is 36.3 Å². The van der Waals surface area contributed by atoms with E-state index in [0.717, 1.165) is 18.7 Å². The van der Waals surface area contributed by atoms with Crippen molar-refractivity contribution in [1.82, 2.24) is 10.3 Å². The third kappa shape index (κ3) is 4.07. The number of benzene rings is 1. The van der Waals surface area contributed by atoms with E-state index in [1.165, 1.54) is 11.1 Å². The molecule has 0 radical (unpaired) electrons. The van der Waals surface area contributed by atoms with Crippen molar-refractivity contribution in [2.45, 2.75) is 26.3 Å². The molecule has 106 valence electrons. The smallest absolute Gasteiger partial charge is 0.124 e. The van der Waals surface area contributed by atoms with E-state index in [4.69, 9.17) is 4.74 Å². The van der Waals surface area contributed by atoms with Crippen LogP contribution in [-0.2, 0) is 6.42 Å². The van der Waals surface area contributed by atoms with Gasteiger partial charge in [-0.25, -0.2) is 0 Å². The quantitative estimate of drug-likeness (QED) is 0.837. The fourth-order valence-corrected chi connectivity index (χ4v) is 2.21. The lowest BCUT2D eigenvalue weighted by Gasteiger charge is -2.17. The first-order chi connectivity index (χ1) is 9.81. The first kappa shape index (κ1) is 14.5. The Hall–Kier alpha value is -1.87. The zero-order chi connectivity index (χ0) is 14.2. The van der Waals surface area contributed by atoms with Crippen molar-refractivity contribution in [3.8, 4) is 5.75 Å². The third-order valence-corrected chi connectivity index (χ3v) is 3.29. The largest absolute Gasteiger partial charge is 0.493 e. The van der Waals surface area contributed by atoms with Crippen molar-refractivity contribution < 1.29 is 4.74 Å². The van der Waals surface area contributed by atoms with Gasteiger partial charge in [0.15, 0.2) is 0 Å². The highest BCUT2D eigenvalue weighted by atomic mass is 16.5. The summed E-state index contributed by atoms with van der Waals surface area (Å²) < 4.78 is 5.95. The van der Waals surface area contributed by atoms with Gasteiger partial charge in [0.1, 0.15) is 5.75 Å². The molecule has 1 N–H and O–H groups in total. The molecule has 2 aromatic rings. The maximum atomic E-state index is 5.95. The Balaban J connectivity index is 1.95. The van der Waals surface area contributed by atoms with Crippen LogP contribution in [0.5, 0.6) is 5.75 Å². The SMILES string of the molecule is CCNC(C)c1ccccc1OCCc1ccncc1. The maximum Gasteiger partial charge on any atom is 0.124 e. The van der Waals surface area contributed by atoms with E-state index >= 15 is 0 Å². The second-order valence-electron chi connectivity index (χ2n) is 4.77. The highest BCUT2D eigenvalue weighted by Crippen LogP contribution is 2.24. The topological polar surface area (TPSA) is 34.1 Å². The van der Waals surface area contributed by atoms with Crippen LogP contribution in [0.15, 0.2) is 48.8 Å². The number of para-hydroxylation sites is 1. The molecule has 0 aliphatic carbocycles. The Bertz CT molecular complexity index is 513. The zero-order valence-electron chi connectivity index (χ0n) is 12.2. The molecule has 0 fully saturated rings. The molecule has 0 amide bonds. The molecule has 0 spiro atoms. The van der Waals surface area contributed by atoms with Gasteiger partial charge in [-0.15, -0.1) is 0 Å². The predicted octanol–water partition coefficient (Wildman–Crippen LogP) is 3.37. The van der Waals surface area contributed by atoms with Crippen molar-refractivity contribution in [1.29, 1.82) is 0 Å². The van der Waals surface area contributed by atoms with Gasteiger partial charge < -0.3 is 10.1 Å². The third-order valence-electron chi connectivity index (χ3n) is 3.29. The number of aromatic nitrogens is 1. The van der Waals surface area contributed by atoms with E-state index in [9.17, 15) is 0 Å². The van der Waals surface area contributed by atoms with Crippen LogP contribution in [0.2, 0.25) is 0 Å². The molecule has 1 unspecified atom stereocenters. The molecule has 0 aliphatic heterocycles. The molecule has 20 heavy (non-hydrogen) atoms. The summed E-state index contributed by atoms with van der Waals surface area (Å²) >= 11 is 0. The summed E-state index contributed by atoms with van der Waals surface area (Å²) in [6.45, 7) is 5.91. The highest BCUT2D eigenvalue weighted by molar-refractivity contribution is 5.35. The standard InChI is InChI=1S/C17H22N2O/c1-3-19-14(2)16-6-4-5-7-17(16)20-13-10-15-8-11-18-12-9-15/h4-9,11-12,14,19H,3,10,13H2,1-2H3. The summed E-state index contributed by atoms with van der Waals surface area (Å²) in [5.41, 5.74) is 2.46. The molecule has 1 aromatic heterocycles. The van der Waals surface area contributed by atoms with Crippen LogP contribution in [0.25, 0.3) is 0 Å². The van der Waals surface area contributed by atoms with Crippen molar-refractivity contribution in [3.05, 3.63) is 59.9 Å². The number of nitrogens with zero attached hydrogens (tertiary/aromatic N) is 1. The van der Waals surface area contributed by atoms with Gasteiger partial charge in [-0.2, -0.15) is 0 Å². The lowest BCUT2D eigenvalue weighted by Crippen LogP contribution is -2.18. The minimum Gasteiger partial charge on any atom is -0.493 e. The van der Waals surface area contributed by atoms with Crippen LogP contribution < -0.4 is 10.1 Å². The minimum atomic E-state index is 0.303. The molecule has 0 saturated carbocycles. The fraction of sp³-hybridized carbons (Fsp3) is 0.353. The number of nitrogens with one attached hydrogen (secondary N) is 1. The van der Waals surface area contributed by atoms with Crippen LogP contribution in [0.4, 0.5) is 0 Å². The fourth-order valence-electron chi connectivity index (χ4n) is 2.21. The predicted molar refractivity (Wildman–Crippen MR) is 82.0 cm³/mol. The number of pyridine rings is 1. The second-order valence-corrected chi connectivity index (χ2v) is 4.77. The van der Waals surface area contributed by atoms with E-state index in [0.29, 0.717) is 12.6 Å². The first-order valence-corrected chi connectivity index (χ1v) is 7.15. The van der Waals surface area contributed by atoms with Crippen LogP contribution in [-0.4, -0.2) is 18.1 Å². The first-order valence-electron chi connectivity index (χ1n) is 7.15.